The third kappa shape index (κ3) is 3.41. The lowest BCUT2D eigenvalue weighted by Crippen LogP contribution is -2.27. The van der Waals surface area contributed by atoms with Crippen molar-refractivity contribution in [2.75, 3.05) is 0 Å². The van der Waals surface area contributed by atoms with Gasteiger partial charge < -0.3 is 0 Å². The van der Waals surface area contributed by atoms with E-state index in [1.165, 1.54) is 10.9 Å². The number of hydrogen-bond donors (Lipinski definition) is 0. The topological polar surface area (TPSA) is 0 Å². The molecule has 0 bridgehead atoms. The molecule has 0 amide bonds. The van der Waals surface area contributed by atoms with Crippen molar-refractivity contribution in [3.63, 3.8) is 0 Å². The lowest BCUT2D eigenvalue weighted by molar-refractivity contribution is 0.533. The minimum atomic E-state index is 0.193. The van der Waals surface area contributed by atoms with Crippen molar-refractivity contribution in [1.82, 2.24) is 0 Å². The molecule has 0 saturated carbocycles. The van der Waals surface area contributed by atoms with Crippen molar-refractivity contribution in [3.8, 4) is 0 Å². The van der Waals surface area contributed by atoms with Gasteiger partial charge in [-0.3, -0.25) is 0 Å². The second-order valence-corrected chi connectivity index (χ2v) is 9.11. The Labute approximate surface area is 126 Å². The summed E-state index contributed by atoms with van der Waals surface area (Å²) in [7, 11) is 0.805. The molecule has 1 aromatic rings. The van der Waals surface area contributed by atoms with Crippen LogP contribution in [0.5, 0.6) is 0 Å². The Kier molecular flexibility index (Phi) is 4.26. The Balaban J connectivity index is 2.51. The maximum absolute atomic E-state index is 2.34. The molecule has 0 spiro atoms. The average molecular weight is 286 g/mol. The molecule has 1 atom stereocenters. The van der Waals surface area contributed by atoms with Gasteiger partial charge in [0.15, 0.2) is 0 Å². The summed E-state index contributed by atoms with van der Waals surface area (Å²) in [6, 6.07) is 6.88. The van der Waals surface area contributed by atoms with Crippen molar-refractivity contribution in [2.24, 2.45) is 0 Å². The van der Waals surface area contributed by atoms with Gasteiger partial charge in [0, 0.05) is 0 Å². The Bertz CT molecular complexity index is 548. The summed E-state index contributed by atoms with van der Waals surface area (Å²) >= 11 is 0. The van der Waals surface area contributed by atoms with Gasteiger partial charge in [0.2, 0.25) is 0 Å². The van der Waals surface area contributed by atoms with Crippen LogP contribution in [0.3, 0.4) is 0 Å². The van der Waals surface area contributed by atoms with Crippen LogP contribution in [-0.2, 0) is 10.8 Å². The maximum atomic E-state index is 2.34. The Morgan fingerprint density at radius 3 is 2.15 bits per heavy atom. The quantitative estimate of drug-likeness (QED) is 0.636. The Morgan fingerprint density at radius 1 is 0.950 bits per heavy atom. The monoisotopic (exact) mass is 286 g/mol. The molecule has 0 N–H and O–H groups in total. The lowest BCUT2D eigenvalue weighted by Gasteiger charge is -2.32. The summed E-state index contributed by atoms with van der Waals surface area (Å²) in [4.78, 5) is 0. The predicted molar refractivity (Wildman–Crippen MR) is 93.6 cm³/mol. The van der Waals surface area contributed by atoms with Gasteiger partial charge in [-0.15, -0.1) is 0 Å². The highest BCUT2D eigenvalue weighted by atomic mass is 31.1. The first kappa shape index (κ1) is 15.5. The number of hydrogen-bond acceptors (Lipinski definition) is 0. The van der Waals surface area contributed by atoms with E-state index in [2.05, 4.69) is 78.0 Å². The van der Waals surface area contributed by atoms with E-state index in [4.69, 9.17) is 0 Å². The van der Waals surface area contributed by atoms with Gasteiger partial charge in [-0.2, -0.15) is 0 Å². The maximum Gasteiger partial charge on any atom is -0.00892 e. The summed E-state index contributed by atoms with van der Waals surface area (Å²) in [5.74, 6) is 0. The molecule has 0 radical (unpaired) electrons. The molecule has 0 aliphatic heterocycles. The van der Waals surface area contributed by atoms with Crippen molar-refractivity contribution >= 4 is 13.9 Å². The average Bonchev–Trinajstić information content (AvgIpc) is 2.79. The number of rotatable bonds is 2. The van der Waals surface area contributed by atoms with Crippen LogP contribution in [0.25, 0.3) is 0 Å². The molecule has 0 aromatic heterocycles. The van der Waals surface area contributed by atoms with Crippen LogP contribution in [0.2, 0.25) is 0 Å². The number of allylic oxidation sites excluding steroid dienone is 4. The number of benzene rings is 1. The Hall–Kier alpha value is -0.870. The fourth-order valence-electron chi connectivity index (χ4n) is 2.80. The molecule has 1 unspecified atom stereocenters. The van der Waals surface area contributed by atoms with Gasteiger partial charge in [0.25, 0.3) is 0 Å². The van der Waals surface area contributed by atoms with Gasteiger partial charge >= 0.3 is 0 Å². The van der Waals surface area contributed by atoms with Crippen molar-refractivity contribution in [1.29, 1.82) is 0 Å². The van der Waals surface area contributed by atoms with Gasteiger partial charge in [-0.05, 0) is 39.0 Å². The first-order chi connectivity index (χ1) is 9.19. The zero-order valence-corrected chi connectivity index (χ0v) is 14.7. The smallest absolute Gasteiger partial charge is 0.00892 e. The molecule has 1 aromatic carbocycles. The molecule has 0 heterocycles. The molecule has 108 valence electrons. The van der Waals surface area contributed by atoms with Gasteiger partial charge in [-0.1, -0.05) is 86.6 Å². The SMILES string of the molecule is CC(C)(C)c1cccc(PC2=CC=CC2)c1C(C)(C)C. The molecular formula is C19H27P. The second kappa shape index (κ2) is 5.49. The zero-order chi connectivity index (χ0) is 15.0. The highest BCUT2D eigenvalue weighted by Gasteiger charge is 2.27. The van der Waals surface area contributed by atoms with Crippen LogP contribution >= 0.6 is 8.58 Å². The van der Waals surface area contributed by atoms with Gasteiger partial charge in [0.05, 0.1) is 0 Å². The summed E-state index contributed by atoms with van der Waals surface area (Å²) in [5.41, 5.74) is 3.45. The van der Waals surface area contributed by atoms with Crippen molar-refractivity contribution in [2.45, 2.75) is 58.8 Å². The van der Waals surface area contributed by atoms with Crippen molar-refractivity contribution < 1.29 is 0 Å². The minimum absolute atomic E-state index is 0.193. The summed E-state index contributed by atoms with van der Waals surface area (Å²) in [6.07, 6.45) is 7.86. The van der Waals surface area contributed by atoms with Crippen molar-refractivity contribution in [3.05, 3.63) is 52.9 Å². The molecule has 0 saturated heterocycles. The largest absolute Gasteiger partial charge is 0.0801 e. The van der Waals surface area contributed by atoms with Crippen LogP contribution in [-0.4, -0.2) is 0 Å². The van der Waals surface area contributed by atoms with E-state index < -0.39 is 0 Å². The molecule has 2 rings (SSSR count). The van der Waals surface area contributed by atoms with Crippen LogP contribution in [0, 0.1) is 0 Å². The van der Waals surface area contributed by atoms with Crippen LogP contribution in [0.1, 0.15) is 59.1 Å². The molecule has 1 heteroatoms. The van der Waals surface area contributed by atoms with Crippen LogP contribution in [0.4, 0.5) is 0 Å². The third-order valence-electron chi connectivity index (χ3n) is 3.69. The molecule has 0 fully saturated rings. The molecular weight excluding hydrogens is 259 g/mol. The van der Waals surface area contributed by atoms with Crippen LogP contribution in [0.15, 0.2) is 41.7 Å². The first-order valence-electron chi connectivity index (χ1n) is 7.46. The van der Waals surface area contributed by atoms with Crippen LogP contribution < -0.4 is 5.30 Å². The molecule has 0 nitrogen and oxygen atoms in total. The molecule has 1 aliphatic rings. The summed E-state index contributed by atoms with van der Waals surface area (Å²) in [6.45, 7) is 14.0. The van der Waals surface area contributed by atoms with E-state index in [9.17, 15) is 0 Å². The lowest BCUT2D eigenvalue weighted by atomic mass is 9.75. The van der Waals surface area contributed by atoms with E-state index >= 15 is 0 Å². The summed E-state index contributed by atoms with van der Waals surface area (Å²) < 4.78 is 0. The van der Waals surface area contributed by atoms with E-state index in [-0.39, 0.29) is 10.8 Å². The fraction of sp³-hybridized carbons (Fsp3) is 0.474. The zero-order valence-electron chi connectivity index (χ0n) is 13.7. The fourth-order valence-corrected chi connectivity index (χ4v) is 4.36. The highest BCUT2D eigenvalue weighted by molar-refractivity contribution is 7.52. The van der Waals surface area contributed by atoms with Gasteiger partial charge in [-0.25, -0.2) is 0 Å². The second-order valence-electron chi connectivity index (χ2n) is 7.68. The van der Waals surface area contributed by atoms with E-state index in [1.54, 1.807) is 10.9 Å². The van der Waals surface area contributed by atoms with Gasteiger partial charge in [0.1, 0.15) is 0 Å². The Morgan fingerprint density at radius 2 is 1.65 bits per heavy atom. The normalized spacial score (nSPS) is 16.2. The molecule has 1 aliphatic carbocycles. The first-order valence-corrected chi connectivity index (χ1v) is 8.46. The van der Waals surface area contributed by atoms with E-state index in [0.29, 0.717) is 0 Å². The third-order valence-corrected chi connectivity index (χ3v) is 5.07. The summed E-state index contributed by atoms with van der Waals surface area (Å²) in [5, 5.41) is 3.08. The van der Waals surface area contributed by atoms with E-state index in [1.807, 2.05) is 0 Å². The standard InChI is InChI=1S/C19H27P/c1-18(2,3)15-12-9-13-16(17(15)19(4,5)6)20-14-10-7-8-11-14/h7-10,12-13,20H,11H2,1-6H3. The minimum Gasteiger partial charge on any atom is -0.0801 e. The van der Waals surface area contributed by atoms with E-state index in [0.717, 1.165) is 15.0 Å². The predicted octanol–water partition coefficient (Wildman–Crippen LogP) is 5.43. The molecule has 20 heavy (non-hydrogen) atoms. The highest BCUT2D eigenvalue weighted by Crippen LogP contribution is 2.38.